The first-order valence-corrected chi connectivity index (χ1v) is 9.55. The van der Waals surface area contributed by atoms with E-state index in [1.54, 1.807) is 14.2 Å². The van der Waals surface area contributed by atoms with E-state index in [0.717, 1.165) is 56.9 Å². The first kappa shape index (κ1) is 25.1. The maximum Gasteiger partial charge on any atom is 0.228 e. The SMILES string of the molecule is COCC1(C(=O)NC2CCN(c3cc(Cl)ccc3OC)C2)CCNCC1.Cl.Cl. The summed E-state index contributed by atoms with van der Waals surface area (Å²) in [5.74, 6) is 0.918. The van der Waals surface area contributed by atoms with Crippen molar-refractivity contribution in [3.05, 3.63) is 23.2 Å². The van der Waals surface area contributed by atoms with Crippen LogP contribution in [0.4, 0.5) is 5.69 Å². The Kier molecular flexibility index (Phi) is 10.1. The quantitative estimate of drug-likeness (QED) is 0.692. The summed E-state index contributed by atoms with van der Waals surface area (Å²) in [5, 5.41) is 7.27. The zero-order chi connectivity index (χ0) is 18.6. The molecule has 160 valence electrons. The summed E-state index contributed by atoms with van der Waals surface area (Å²) in [6.07, 6.45) is 2.53. The number of piperidine rings is 1. The van der Waals surface area contributed by atoms with E-state index in [4.69, 9.17) is 21.1 Å². The number of carbonyl (C=O) groups excluding carboxylic acids is 1. The van der Waals surface area contributed by atoms with E-state index in [1.165, 1.54) is 0 Å². The Labute approximate surface area is 184 Å². The second-order valence-corrected chi connectivity index (χ2v) is 7.62. The van der Waals surface area contributed by atoms with E-state index in [0.29, 0.717) is 11.6 Å². The fourth-order valence-electron chi connectivity index (χ4n) is 3.96. The highest BCUT2D eigenvalue weighted by Crippen LogP contribution is 2.34. The van der Waals surface area contributed by atoms with Crippen LogP contribution in [0.25, 0.3) is 0 Å². The van der Waals surface area contributed by atoms with Crippen molar-refractivity contribution in [3.63, 3.8) is 0 Å². The van der Waals surface area contributed by atoms with E-state index < -0.39 is 5.41 Å². The molecule has 1 amide bonds. The Balaban J connectivity index is 0.00000196. The predicted molar refractivity (Wildman–Crippen MR) is 118 cm³/mol. The van der Waals surface area contributed by atoms with Crippen LogP contribution in [0.5, 0.6) is 5.75 Å². The Morgan fingerprint density at radius 1 is 1.32 bits per heavy atom. The number of nitrogens with one attached hydrogen (secondary N) is 2. The number of carbonyl (C=O) groups is 1. The van der Waals surface area contributed by atoms with Crippen LogP contribution in [0.2, 0.25) is 5.02 Å². The van der Waals surface area contributed by atoms with Crippen molar-refractivity contribution in [1.29, 1.82) is 0 Å². The zero-order valence-corrected chi connectivity index (χ0v) is 18.7. The highest BCUT2D eigenvalue weighted by Gasteiger charge is 2.41. The number of nitrogens with zero attached hydrogens (tertiary/aromatic N) is 1. The highest BCUT2D eigenvalue weighted by molar-refractivity contribution is 6.30. The first-order valence-electron chi connectivity index (χ1n) is 9.17. The van der Waals surface area contributed by atoms with Crippen LogP contribution in [-0.2, 0) is 9.53 Å². The molecule has 1 atom stereocenters. The molecule has 0 aliphatic carbocycles. The molecular weight excluding hydrogens is 425 g/mol. The maximum absolute atomic E-state index is 13.0. The Bertz CT molecular complexity index is 637. The molecule has 0 aromatic heterocycles. The van der Waals surface area contributed by atoms with Crippen LogP contribution in [0, 0.1) is 5.41 Å². The summed E-state index contributed by atoms with van der Waals surface area (Å²) in [6, 6.07) is 5.75. The van der Waals surface area contributed by atoms with Gasteiger partial charge in [0.2, 0.25) is 5.91 Å². The summed E-state index contributed by atoms with van der Waals surface area (Å²) in [7, 11) is 3.33. The van der Waals surface area contributed by atoms with Crippen molar-refractivity contribution in [2.75, 3.05) is 51.9 Å². The molecule has 0 radical (unpaired) electrons. The minimum Gasteiger partial charge on any atom is -0.495 e. The topological polar surface area (TPSA) is 62.8 Å². The van der Waals surface area contributed by atoms with Gasteiger partial charge >= 0.3 is 0 Å². The summed E-state index contributed by atoms with van der Waals surface area (Å²) in [5.41, 5.74) is 0.562. The van der Waals surface area contributed by atoms with Crippen molar-refractivity contribution in [3.8, 4) is 5.75 Å². The van der Waals surface area contributed by atoms with Crippen molar-refractivity contribution >= 4 is 48.0 Å². The van der Waals surface area contributed by atoms with E-state index in [2.05, 4.69) is 15.5 Å². The molecule has 2 N–H and O–H groups in total. The number of halogens is 3. The molecule has 1 unspecified atom stereocenters. The molecule has 2 heterocycles. The van der Waals surface area contributed by atoms with Crippen molar-refractivity contribution in [1.82, 2.24) is 10.6 Å². The van der Waals surface area contributed by atoms with Gasteiger partial charge in [-0.25, -0.2) is 0 Å². The molecule has 3 rings (SSSR count). The minimum atomic E-state index is -0.416. The van der Waals surface area contributed by atoms with Crippen LogP contribution in [0.15, 0.2) is 18.2 Å². The molecule has 2 fully saturated rings. The van der Waals surface area contributed by atoms with Gasteiger partial charge in [-0.05, 0) is 50.6 Å². The fourth-order valence-corrected chi connectivity index (χ4v) is 4.13. The second-order valence-electron chi connectivity index (χ2n) is 7.18. The number of hydrogen-bond acceptors (Lipinski definition) is 5. The van der Waals surface area contributed by atoms with Gasteiger partial charge in [0.05, 0.1) is 24.8 Å². The number of amides is 1. The van der Waals surface area contributed by atoms with Gasteiger partial charge in [0.1, 0.15) is 5.75 Å². The lowest BCUT2D eigenvalue weighted by Crippen LogP contribution is -2.52. The number of benzene rings is 1. The van der Waals surface area contributed by atoms with Crippen molar-refractivity contribution in [2.24, 2.45) is 5.41 Å². The summed E-state index contributed by atoms with van der Waals surface area (Å²) in [4.78, 5) is 15.2. The number of anilines is 1. The summed E-state index contributed by atoms with van der Waals surface area (Å²) in [6.45, 7) is 3.80. The highest BCUT2D eigenvalue weighted by atomic mass is 35.5. The third-order valence-corrected chi connectivity index (χ3v) is 5.70. The lowest BCUT2D eigenvalue weighted by Gasteiger charge is -2.36. The average molecular weight is 455 g/mol. The third kappa shape index (κ3) is 5.57. The standard InChI is InChI=1S/C19H28ClN3O3.2ClH/c1-25-13-19(6-8-21-9-7-19)18(24)22-15-5-10-23(12-15)16-11-14(20)3-4-17(16)26-2;;/h3-4,11,15,21H,5-10,12-13H2,1-2H3,(H,22,24);2*1H. The van der Waals surface area contributed by atoms with Crippen LogP contribution < -0.4 is 20.3 Å². The molecule has 2 saturated heterocycles. The van der Waals surface area contributed by atoms with Gasteiger partial charge < -0.3 is 25.0 Å². The Morgan fingerprint density at radius 2 is 2.04 bits per heavy atom. The molecule has 9 heteroatoms. The van der Waals surface area contributed by atoms with Crippen LogP contribution in [0.1, 0.15) is 19.3 Å². The first-order chi connectivity index (χ1) is 12.6. The van der Waals surface area contributed by atoms with Crippen LogP contribution >= 0.6 is 36.4 Å². The molecule has 0 spiro atoms. The van der Waals surface area contributed by atoms with Crippen molar-refractivity contribution < 1.29 is 14.3 Å². The van der Waals surface area contributed by atoms with E-state index in [-0.39, 0.29) is 36.8 Å². The molecule has 0 bridgehead atoms. The second kappa shape index (κ2) is 11.3. The van der Waals surface area contributed by atoms with E-state index in [1.807, 2.05) is 18.2 Å². The lowest BCUT2D eigenvalue weighted by atomic mass is 9.78. The zero-order valence-electron chi connectivity index (χ0n) is 16.3. The summed E-state index contributed by atoms with van der Waals surface area (Å²) < 4.78 is 10.8. The molecule has 2 aliphatic heterocycles. The molecule has 0 saturated carbocycles. The third-order valence-electron chi connectivity index (χ3n) is 5.47. The fraction of sp³-hybridized carbons (Fsp3) is 0.632. The van der Waals surface area contributed by atoms with Gasteiger partial charge in [-0.3, -0.25) is 4.79 Å². The smallest absolute Gasteiger partial charge is 0.228 e. The van der Waals surface area contributed by atoms with E-state index >= 15 is 0 Å². The van der Waals surface area contributed by atoms with Gasteiger partial charge in [-0.1, -0.05) is 11.6 Å². The lowest BCUT2D eigenvalue weighted by molar-refractivity contribution is -0.136. The molecule has 1 aromatic rings. The van der Waals surface area contributed by atoms with Gasteiger partial charge in [-0.2, -0.15) is 0 Å². The molecule has 2 aliphatic rings. The van der Waals surface area contributed by atoms with Gasteiger partial charge in [0, 0.05) is 31.3 Å². The number of rotatable bonds is 6. The number of hydrogen-bond donors (Lipinski definition) is 2. The molecular formula is C19H30Cl3N3O3. The normalized spacial score (nSPS) is 20.7. The largest absolute Gasteiger partial charge is 0.495 e. The van der Waals surface area contributed by atoms with Gasteiger partial charge in [-0.15, -0.1) is 24.8 Å². The minimum absolute atomic E-state index is 0. The average Bonchev–Trinajstić information content (AvgIpc) is 3.11. The van der Waals surface area contributed by atoms with Gasteiger partial charge in [0.15, 0.2) is 0 Å². The van der Waals surface area contributed by atoms with Gasteiger partial charge in [0.25, 0.3) is 0 Å². The number of ether oxygens (including phenoxy) is 2. The van der Waals surface area contributed by atoms with Crippen molar-refractivity contribution in [2.45, 2.75) is 25.3 Å². The maximum atomic E-state index is 13.0. The molecule has 1 aromatic carbocycles. The molecule has 28 heavy (non-hydrogen) atoms. The van der Waals surface area contributed by atoms with Crippen LogP contribution in [0.3, 0.4) is 0 Å². The summed E-state index contributed by atoms with van der Waals surface area (Å²) >= 11 is 6.16. The monoisotopic (exact) mass is 453 g/mol. The number of methoxy groups -OCH3 is 2. The van der Waals surface area contributed by atoms with E-state index in [9.17, 15) is 4.79 Å². The predicted octanol–water partition coefficient (Wildman–Crippen LogP) is 2.90. The van der Waals surface area contributed by atoms with Crippen LogP contribution in [-0.4, -0.2) is 59.0 Å². The molecule has 6 nitrogen and oxygen atoms in total. The Hall–Kier alpha value is -0.920. The Morgan fingerprint density at radius 3 is 2.68 bits per heavy atom.